The Bertz CT molecular complexity index is 520. The number of fused-ring (bicyclic) bond motifs is 1. The molecule has 2 heteroatoms. The van der Waals surface area contributed by atoms with Gasteiger partial charge in [0.1, 0.15) is 6.29 Å². The molecule has 5 atom stereocenters. The van der Waals surface area contributed by atoms with Crippen LogP contribution in [0, 0.1) is 29.6 Å². The van der Waals surface area contributed by atoms with Crippen molar-refractivity contribution in [2.24, 2.45) is 29.6 Å². The van der Waals surface area contributed by atoms with Crippen molar-refractivity contribution in [3.05, 3.63) is 11.6 Å². The Hall–Kier alpha value is -0.920. The average molecular weight is 373 g/mol. The molecule has 3 aliphatic carbocycles. The summed E-state index contributed by atoms with van der Waals surface area (Å²) in [4.78, 5) is 23.9. The van der Waals surface area contributed by atoms with Crippen LogP contribution in [0.25, 0.3) is 0 Å². The molecule has 0 N–H and O–H groups in total. The summed E-state index contributed by atoms with van der Waals surface area (Å²) in [7, 11) is 0. The summed E-state index contributed by atoms with van der Waals surface area (Å²) in [5, 5.41) is 0. The van der Waals surface area contributed by atoms with Crippen LogP contribution in [-0.2, 0) is 9.59 Å². The predicted octanol–water partition coefficient (Wildman–Crippen LogP) is 6.67. The average Bonchev–Trinajstić information content (AvgIpc) is 2.91. The minimum atomic E-state index is 0.380. The molecule has 0 radical (unpaired) electrons. The fourth-order valence-electron chi connectivity index (χ4n) is 6.15. The van der Waals surface area contributed by atoms with Gasteiger partial charge in [0.05, 0.1) is 0 Å². The van der Waals surface area contributed by atoms with E-state index in [4.69, 9.17) is 0 Å². The molecule has 2 fully saturated rings. The van der Waals surface area contributed by atoms with Crippen LogP contribution in [0.3, 0.4) is 0 Å². The SMILES string of the molecule is CC1CC=C(C(=O)CCC[C@H](CC=O)C2CCC3CCCCC3C2)CCC1. The van der Waals surface area contributed by atoms with Crippen molar-refractivity contribution < 1.29 is 9.59 Å². The Balaban J connectivity index is 1.46. The van der Waals surface area contributed by atoms with E-state index >= 15 is 0 Å². The van der Waals surface area contributed by atoms with E-state index in [2.05, 4.69) is 13.0 Å². The quantitative estimate of drug-likeness (QED) is 0.446. The van der Waals surface area contributed by atoms with Crippen molar-refractivity contribution in [1.82, 2.24) is 0 Å². The molecule has 27 heavy (non-hydrogen) atoms. The van der Waals surface area contributed by atoms with E-state index in [1.165, 1.54) is 51.4 Å². The number of hydrogen-bond acceptors (Lipinski definition) is 2. The summed E-state index contributed by atoms with van der Waals surface area (Å²) in [6.45, 7) is 2.29. The molecule has 0 aromatic rings. The first-order valence-corrected chi connectivity index (χ1v) is 11.8. The maximum atomic E-state index is 12.6. The first-order valence-electron chi connectivity index (χ1n) is 11.8. The van der Waals surface area contributed by atoms with Crippen LogP contribution in [-0.4, -0.2) is 12.1 Å². The van der Waals surface area contributed by atoms with Crippen molar-refractivity contribution in [3.8, 4) is 0 Å². The van der Waals surface area contributed by atoms with Gasteiger partial charge in [0.25, 0.3) is 0 Å². The minimum absolute atomic E-state index is 0.380. The standard InChI is InChI=1S/C25H40O2/c1-19-6-4-10-22(13-12-19)25(27)11-5-9-21(16-17-26)24-15-14-20-7-2-3-8-23(20)18-24/h13,17,19-21,23-24H,2-12,14-16,18H2,1H3/t19?,20?,21-,23?,24?/m1/s1. The van der Waals surface area contributed by atoms with E-state index in [9.17, 15) is 9.59 Å². The summed E-state index contributed by atoms with van der Waals surface area (Å²) in [6.07, 6.45) is 21.0. The molecule has 0 amide bonds. The van der Waals surface area contributed by atoms with Gasteiger partial charge in [0.2, 0.25) is 0 Å². The molecule has 0 saturated heterocycles. The maximum Gasteiger partial charge on any atom is 0.158 e. The molecule has 0 aromatic carbocycles. The van der Waals surface area contributed by atoms with Crippen LogP contribution in [0.4, 0.5) is 0 Å². The van der Waals surface area contributed by atoms with Crippen LogP contribution in [0.1, 0.15) is 103 Å². The molecule has 4 unspecified atom stereocenters. The summed E-state index contributed by atoms with van der Waals surface area (Å²) < 4.78 is 0. The number of aldehydes is 1. The molecule has 2 nitrogen and oxygen atoms in total. The highest BCUT2D eigenvalue weighted by Gasteiger charge is 2.35. The van der Waals surface area contributed by atoms with Gasteiger partial charge in [-0.25, -0.2) is 0 Å². The third-order valence-electron chi connectivity index (χ3n) is 7.89. The Morgan fingerprint density at radius 2 is 1.93 bits per heavy atom. The van der Waals surface area contributed by atoms with Gasteiger partial charge >= 0.3 is 0 Å². The van der Waals surface area contributed by atoms with Crippen LogP contribution in [0.5, 0.6) is 0 Å². The highest BCUT2D eigenvalue weighted by Crippen LogP contribution is 2.46. The number of allylic oxidation sites excluding steroid dienone is 2. The van der Waals surface area contributed by atoms with Gasteiger partial charge in [-0.15, -0.1) is 0 Å². The molecule has 0 bridgehead atoms. The summed E-state index contributed by atoms with van der Waals surface area (Å²) in [5.41, 5.74) is 1.09. The zero-order valence-corrected chi connectivity index (χ0v) is 17.5. The maximum absolute atomic E-state index is 12.6. The van der Waals surface area contributed by atoms with Crippen molar-refractivity contribution >= 4 is 12.1 Å². The van der Waals surface area contributed by atoms with Gasteiger partial charge in [-0.3, -0.25) is 4.79 Å². The highest BCUT2D eigenvalue weighted by molar-refractivity contribution is 5.95. The van der Waals surface area contributed by atoms with Gasteiger partial charge < -0.3 is 4.79 Å². The third kappa shape index (κ3) is 6.03. The molecule has 0 spiro atoms. The lowest BCUT2D eigenvalue weighted by atomic mass is 9.64. The zero-order valence-electron chi connectivity index (χ0n) is 17.5. The van der Waals surface area contributed by atoms with Gasteiger partial charge in [-0.1, -0.05) is 45.1 Å². The highest BCUT2D eigenvalue weighted by atomic mass is 16.1. The Morgan fingerprint density at radius 3 is 2.74 bits per heavy atom. The lowest BCUT2D eigenvalue weighted by Gasteiger charge is -2.41. The van der Waals surface area contributed by atoms with E-state index < -0.39 is 0 Å². The molecule has 152 valence electrons. The Morgan fingerprint density at radius 1 is 1.11 bits per heavy atom. The first kappa shape index (κ1) is 20.8. The lowest BCUT2D eigenvalue weighted by molar-refractivity contribution is -0.115. The summed E-state index contributed by atoms with van der Waals surface area (Å²) >= 11 is 0. The monoisotopic (exact) mass is 372 g/mol. The minimum Gasteiger partial charge on any atom is -0.303 e. The summed E-state index contributed by atoms with van der Waals surface area (Å²) in [5.74, 6) is 4.24. The summed E-state index contributed by atoms with van der Waals surface area (Å²) in [6, 6.07) is 0. The molecule has 3 aliphatic rings. The van der Waals surface area contributed by atoms with Crippen molar-refractivity contribution in [1.29, 1.82) is 0 Å². The third-order valence-corrected chi connectivity index (χ3v) is 7.89. The van der Waals surface area contributed by atoms with Gasteiger partial charge in [0.15, 0.2) is 5.78 Å². The van der Waals surface area contributed by atoms with E-state index in [-0.39, 0.29) is 0 Å². The van der Waals surface area contributed by atoms with Crippen molar-refractivity contribution in [3.63, 3.8) is 0 Å². The largest absolute Gasteiger partial charge is 0.303 e. The number of ketones is 1. The molecule has 3 rings (SSSR count). The second-order valence-corrected chi connectivity index (χ2v) is 9.82. The fourth-order valence-corrected chi connectivity index (χ4v) is 6.15. The lowest BCUT2D eigenvalue weighted by Crippen LogP contribution is -2.31. The number of carbonyl (C=O) groups is 2. The molecule has 2 saturated carbocycles. The van der Waals surface area contributed by atoms with Crippen LogP contribution < -0.4 is 0 Å². The van der Waals surface area contributed by atoms with Gasteiger partial charge in [0, 0.05) is 12.8 Å². The van der Waals surface area contributed by atoms with Gasteiger partial charge in [-0.05, 0) is 86.5 Å². The number of hydrogen-bond donors (Lipinski definition) is 0. The molecule has 0 aromatic heterocycles. The van der Waals surface area contributed by atoms with Crippen LogP contribution in [0.2, 0.25) is 0 Å². The zero-order chi connectivity index (χ0) is 19.1. The van der Waals surface area contributed by atoms with Crippen LogP contribution >= 0.6 is 0 Å². The van der Waals surface area contributed by atoms with Crippen molar-refractivity contribution in [2.45, 2.75) is 103 Å². The normalized spacial score (nSPS) is 32.7. The van der Waals surface area contributed by atoms with E-state index in [1.807, 2.05) is 0 Å². The second-order valence-electron chi connectivity index (χ2n) is 9.82. The fraction of sp³-hybridized carbons (Fsp3) is 0.840. The van der Waals surface area contributed by atoms with Crippen LogP contribution in [0.15, 0.2) is 11.6 Å². The molecule has 0 aliphatic heterocycles. The molecule has 0 heterocycles. The second kappa shape index (κ2) is 10.6. The predicted molar refractivity (Wildman–Crippen MR) is 112 cm³/mol. The Labute approximate surface area is 166 Å². The van der Waals surface area contributed by atoms with Crippen molar-refractivity contribution in [2.75, 3.05) is 0 Å². The molecular weight excluding hydrogens is 332 g/mol. The van der Waals surface area contributed by atoms with E-state index in [0.29, 0.717) is 24.5 Å². The smallest absolute Gasteiger partial charge is 0.158 e. The number of Topliss-reactive ketones (excluding diaryl/α,β-unsaturated/α-hetero) is 1. The van der Waals surface area contributed by atoms with Gasteiger partial charge in [-0.2, -0.15) is 0 Å². The molecular formula is C25H40O2. The first-order chi connectivity index (χ1) is 13.2. The topological polar surface area (TPSA) is 34.1 Å². The number of rotatable bonds is 8. The Kier molecular flexibility index (Phi) is 8.15. The number of carbonyl (C=O) groups excluding carboxylic acids is 2. The van der Waals surface area contributed by atoms with E-state index in [1.54, 1.807) is 0 Å². The van der Waals surface area contributed by atoms with E-state index in [0.717, 1.165) is 67.6 Å².